The number of benzene rings is 1. The molecule has 3 nitrogen and oxygen atoms in total. The predicted molar refractivity (Wildman–Crippen MR) is 94.9 cm³/mol. The van der Waals surface area contributed by atoms with Crippen molar-refractivity contribution in [3.05, 3.63) is 34.9 Å². The van der Waals surface area contributed by atoms with Gasteiger partial charge >= 0.3 is 0 Å². The van der Waals surface area contributed by atoms with Crippen LogP contribution in [-0.2, 0) is 10.2 Å². The lowest BCUT2D eigenvalue weighted by Crippen LogP contribution is -2.45. The predicted octanol–water partition coefficient (Wildman–Crippen LogP) is 3.54. The molecule has 5 heteroatoms. The van der Waals surface area contributed by atoms with E-state index in [0.717, 1.165) is 24.4 Å². The van der Waals surface area contributed by atoms with Crippen LogP contribution in [0.4, 0.5) is 0 Å². The number of hydrogen-bond acceptors (Lipinski definition) is 2. The minimum atomic E-state index is -0.0984. The summed E-state index contributed by atoms with van der Waals surface area (Å²) in [6.45, 7) is 7.99. The second-order valence-electron chi connectivity index (χ2n) is 6.69. The molecule has 2 rings (SSSR count). The number of nitrogens with one attached hydrogen (secondary N) is 2. The van der Waals surface area contributed by atoms with E-state index in [4.69, 9.17) is 11.6 Å². The SMILES string of the molecule is C[C@H]1C[C@@H](C(=O)NCC(C)(C)c2ccc(Cl)cc2)CCN1.Cl. The van der Waals surface area contributed by atoms with Crippen LogP contribution in [0.25, 0.3) is 0 Å². The maximum Gasteiger partial charge on any atom is 0.223 e. The first-order chi connectivity index (χ1) is 9.88. The summed E-state index contributed by atoms with van der Waals surface area (Å²) in [5.74, 6) is 0.327. The molecule has 1 aliphatic heterocycles. The summed E-state index contributed by atoms with van der Waals surface area (Å²) in [7, 11) is 0. The Morgan fingerprint density at radius 2 is 2.00 bits per heavy atom. The van der Waals surface area contributed by atoms with E-state index in [2.05, 4.69) is 31.4 Å². The average Bonchev–Trinajstić information content (AvgIpc) is 2.45. The number of carbonyl (C=O) groups is 1. The first kappa shape index (κ1) is 19.3. The van der Waals surface area contributed by atoms with Gasteiger partial charge in [0.15, 0.2) is 0 Å². The second kappa shape index (κ2) is 8.19. The van der Waals surface area contributed by atoms with Crippen LogP contribution in [-0.4, -0.2) is 25.0 Å². The van der Waals surface area contributed by atoms with E-state index >= 15 is 0 Å². The third-order valence-corrected chi connectivity index (χ3v) is 4.58. The summed E-state index contributed by atoms with van der Waals surface area (Å²) < 4.78 is 0. The summed E-state index contributed by atoms with van der Waals surface area (Å²) in [6, 6.07) is 8.28. The molecule has 1 heterocycles. The normalized spacial score (nSPS) is 21.8. The molecule has 0 saturated carbocycles. The molecule has 0 bridgehead atoms. The van der Waals surface area contributed by atoms with Crippen LogP contribution < -0.4 is 10.6 Å². The first-order valence-electron chi connectivity index (χ1n) is 7.65. The number of rotatable bonds is 4. The molecule has 0 unspecified atom stereocenters. The molecule has 22 heavy (non-hydrogen) atoms. The summed E-state index contributed by atoms with van der Waals surface area (Å²) in [5, 5.41) is 7.24. The van der Waals surface area contributed by atoms with Crippen LogP contribution in [0.3, 0.4) is 0 Å². The van der Waals surface area contributed by atoms with Crippen molar-refractivity contribution in [2.75, 3.05) is 13.1 Å². The molecular formula is C17H26Cl2N2O. The van der Waals surface area contributed by atoms with Crippen LogP contribution in [0.15, 0.2) is 24.3 Å². The van der Waals surface area contributed by atoms with Gasteiger partial charge in [-0.1, -0.05) is 37.6 Å². The maximum atomic E-state index is 12.3. The number of halogens is 2. The van der Waals surface area contributed by atoms with Crippen molar-refractivity contribution < 1.29 is 4.79 Å². The summed E-state index contributed by atoms with van der Waals surface area (Å²) in [5.41, 5.74) is 1.09. The first-order valence-corrected chi connectivity index (χ1v) is 8.03. The summed E-state index contributed by atoms with van der Waals surface area (Å²) in [4.78, 5) is 12.3. The van der Waals surface area contributed by atoms with E-state index in [1.165, 1.54) is 5.56 Å². The molecule has 1 aliphatic rings. The molecule has 0 radical (unpaired) electrons. The highest BCUT2D eigenvalue weighted by atomic mass is 35.5. The third kappa shape index (κ3) is 5.15. The summed E-state index contributed by atoms with van der Waals surface area (Å²) in [6.07, 6.45) is 1.85. The lowest BCUT2D eigenvalue weighted by Gasteiger charge is -2.30. The van der Waals surface area contributed by atoms with Gasteiger partial charge in [-0.2, -0.15) is 0 Å². The minimum Gasteiger partial charge on any atom is -0.355 e. The Kier molecular flexibility index (Phi) is 7.17. The Morgan fingerprint density at radius 3 is 2.59 bits per heavy atom. The molecule has 1 fully saturated rings. The van der Waals surface area contributed by atoms with Gasteiger partial charge in [0.2, 0.25) is 5.91 Å². The fraction of sp³-hybridized carbons (Fsp3) is 0.588. The Bertz CT molecular complexity index is 488. The number of amides is 1. The zero-order valence-corrected chi connectivity index (χ0v) is 15.1. The van der Waals surface area contributed by atoms with Crippen LogP contribution in [0.2, 0.25) is 5.02 Å². The third-order valence-electron chi connectivity index (χ3n) is 4.32. The minimum absolute atomic E-state index is 0. The quantitative estimate of drug-likeness (QED) is 0.876. The zero-order chi connectivity index (χ0) is 15.5. The standard InChI is InChI=1S/C17H25ClN2O.ClH/c1-12-10-13(8-9-19-12)16(21)20-11-17(2,3)14-4-6-15(18)7-5-14;/h4-7,12-13,19H,8-11H2,1-3H3,(H,20,21);1H/t12-,13-;/m0./s1. The van der Waals surface area contributed by atoms with Gasteiger partial charge in [-0.05, 0) is 44.0 Å². The molecular weight excluding hydrogens is 319 g/mol. The fourth-order valence-electron chi connectivity index (χ4n) is 2.83. The zero-order valence-electron chi connectivity index (χ0n) is 13.5. The van der Waals surface area contributed by atoms with Crippen molar-refractivity contribution in [3.8, 4) is 0 Å². The molecule has 1 amide bonds. The van der Waals surface area contributed by atoms with E-state index in [1.54, 1.807) is 0 Å². The van der Waals surface area contributed by atoms with Gasteiger partial charge in [0.25, 0.3) is 0 Å². The van der Waals surface area contributed by atoms with Crippen LogP contribution in [0.1, 0.15) is 39.2 Å². The van der Waals surface area contributed by atoms with E-state index < -0.39 is 0 Å². The molecule has 2 atom stereocenters. The largest absolute Gasteiger partial charge is 0.355 e. The molecule has 1 aromatic carbocycles. The topological polar surface area (TPSA) is 41.1 Å². The molecule has 1 aromatic rings. The van der Waals surface area contributed by atoms with E-state index in [0.29, 0.717) is 12.6 Å². The van der Waals surface area contributed by atoms with Crippen LogP contribution in [0, 0.1) is 5.92 Å². The number of carbonyl (C=O) groups excluding carboxylic acids is 1. The van der Waals surface area contributed by atoms with Crippen molar-refractivity contribution in [2.45, 2.75) is 45.1 Å². The van der Waals surface area contributed by atoms with Gasteiger partial charge in [0.05, 0.1) is 0 Å². The van der Waals surface area contributed by atoms with Crippen molar-refractivity contribution in [2.24, 2.45) is 5.92 Å². The highest BCUT2D eigenvalue weighted by Crippen LogP contribution is 2.24. The van der Waals surface area contributed by atoms with Crippen LogP contribution in [0.5, 0.6) is 0 Å². The Hall–Kier alpha value is -0.770. The van der Waals surface area contributed by atoms with E-state index in [-0.39, 0.29) is 29.6 Å². The van der Waals surface area contributed by atoms with Gasteiger partial charge in [-0.25, -0.2) is 0 Å². The van der Waals surface area contributed by atoms with Crippen molar-refractivity contribution >= 4 is 29.9 Å². The van der Waals surface area contributed by atoms with Crippen molar-refractivity contribution in [1.29, 1.82) is 0 Å². The van der Waals surface area contributed by atoms with Gasteiger partial charge in [0, 0.05) is 28.9 Å². The van der Waals surface area contributed by atoms with Gasteiger partial charge < -0.3 is 10.6 Å². The van der Waals surface area contributed by atoms with Crippen molar-refractivity contribution in [1.82, 2.24) is 10.6 Å². The summed E-state index contributed by atoms with van der Waals surface area (Å²) >= 11 is 5.93. The number of hydrogen-bond donors (Lipinski definition) is 2. The molecule has 0 spiro atoms. The van der Waals surface area contributed by atoms with Gasteiger partial charge in [0.1, 0.15) is 0 Å². The van der Waals surface area contributed by atoms with Crippen LogP contribution >= 0.6 is 24.0 Å². The fourth-order valence-corrected chi connectivity index (χ4v) is 2.95. The Balaban J connectivity index is 0.00000242. The Morgan fingerprint density at radius 1 is 1.36 bits per heavy atom. The molecule has 0 aromatic heterocycles. The van der Waals surface area contributed by atoms with Gasteiger partial charge in [-0.3, -0.25) is 4.79 Å². The average molecular weight is 345 g/mol. The maximum absolute atomic E-state index is 12.3. The van der Waals surface area contributed by atoms with Gasteiger partial charge in [-0.15, -0.1) is 12.4 Å². The highest BCUT2D eigenvalue weighted by molar-refractivity contribution is 6.30. The monoisotopic (exact) mass is 344 g/mol. The lowest BCUT2D eigenvalue weighted by atomic mass is 9.84. The van der Waals surface area contributed by atoms with E-state index in [1.807, 2.05) is 24.3 Å². The lowest BCUT2D eigenvalue weighted by molar-refractivity contribution is -0.126. The molecule has 2 N–H and O–H groups in total. The molecule has 0 aliphatic carbocycles. The molecule has 124 valence electrons. The highest BCUT2D eigenvalue weighted by Gasteiger charge is 2.27. The van der Waals surface area contributed by atoms with E-state index in [9.17, 15) is 4.79 Å². The second-order valence-corrected chi connectivity index (χ2v) is 7.12. The number of piperidine rings is 1. The van der Waals surface area contributed by atoms with Crippen molar-refractivity contribution in [3.63, 3.8) is 0 Å². The molecule has 1 saturated heterocycles. The smallest absolute Gasteiger partial charge is 0.223 e. The Labute approximate surface area is 144 Å².